The van der Waals surface area contributed by atoms with Gasteiger partial charge in [0.05, 0.1) is 12.8 Å². The summed E-state index contributed by atoms with van der Waals surface area (Å²) in [5.41, 5.74) is -0.0840. The fraction of sp³-hybridized carbons (Fsp3) is 0.400. The molecule has 0 aliphatic carbocycles. The third-order valence-electron chi connectivity index (χ3n) is 3.04. The van der Waals surface area contributed by atoms with Gasteiger partial charge < -0.3 is 14.5 Å². The predicted octanol–water partition coefficient (Wildman–Crippen LogP) is 3.93. The van der Waals surface area contributed by atoms with Crippen molar-refractivity contribution in [1.82, 2.24) is 9.69 Å². The molecule has 0 fully saturated rings. The average molecular weight is 391 g/mol. The summed E-state index contributed by atoms with van der Waals surface area (Å²) in [5.74, 6) is -0.438. The highest BCUT2D eigenvalue weighted by atomic mass is 35.5. The molecule has 0 bridgehead atoms. The van der Waals surface area contributed by atoms with E-state index < -0.39 is 18.0 Å². The van der Waals surface area contributed by atoms with E-state index in [2.05, 4.69) is 9.69 Å². The SMILES string of the molecule is CC(C)CC(OC(=O)c1nsc(Cl)c1Cl)C(=O)NCc1ccco1. The van der Waals surface area contributed by atoms with Crippen molar-refractivity contribution >= 4 is 46.6 Å². The number of hydrogen-bond acceptors (Lipinski definition) is 6. The Bertz CT molecular complexity index is 700. The van der Waals surface area contributed by atoms with Gasteiger partial charge in [0.15, 0.2) is 11.8 Å². The fourth-order valence-electron chi connectivity index (χ4n) is 1.91. The largest absolute Gasteiger partial charge is 0.467 e. The van der Waals surface area contributed by atoms with Crippen molar-refractivity contribution in [3.05, 3.63) is 39.2 Å². The Morgan fingerprint density at radius 2 is 2.17 bits per heavy atom. The fourth-order valence-corrected chi connectivity index (χ4v) is 2.89. The van der Waals surface area contributed by atoms with Crippen LogP contribution in [0.1, 0.15) is 36.5 Å². The summed E-state index contributed by atoms with van der Waals surface area (Å²) >= 11 is 12.6. The van der Waals surface area contributed by atoms with Gasteiger partial charge in [-0.25, -0.2) is 4.79 Å². The lowest BCUT2D eigenvalue weighted by Crippen LogP contribution is -2.38. The summed E-state index contributed by atoms with van der Waals surface area (Å²) in [7, 11) is 0. The molecule has 1 atom stereocenters. The molecule has 130 valence electrons. The molecule has 6 nitrogen and oxygen atoms in total. The Hall–Kier alpha value is -1.57. The first-order valence-corrected chi connectivity index (χ1v) is 8.73. The van der Waals surface area contributed by atoms with Gasteiger partial charge in [-0.1, -0.05) is 37.0 Å². The van der Waals surface area contributed by atoms with Crippen molar-refractivity contribution in [2.45, 2.75) is 32.9 Å². The van der Waals surface area contributed by atoms with Crippen LogP contribution in [0, 0.1) is 5.92 Å². The minimum absolute atomic E-state index is 0.0333. The van der Waals surface area contributed by atoms with Crippen LogP contribution in [0.3, 0.4) is 0 Å². The molecule has 2 aromatic heterocycles. The normalized spacial score (nSPS) is 12.2. The van der Waals surface area contributed by atoms with E-state index in [0.717, 1.165) is 11.5 Å². The summed E-state index contributed by atoms with van der Waals surface area (Å²) in [4.78, 5) is 24.5. The van der Waals surface area contributed by atoms with Crippen molar-refractivity contribution in [2.24, 2.45) is 5.92 Å². The van der Waals surface area contributed by atoms with Gasteiger partial charge in [0.1, 0.15) is 15.1 Å². The van der Waals surface area contributed by atoms with E-state index in [1.54, 1.807) is 12.1 Å². The Labute approximate surface area is 153 Å². The quantitative estimate of drug-likeness (QED) is 0.724. The second-order valence-corrected chi connectivity index (χ2v) is 7.19. The third-order valence-corrected chi connectivity index (χ3v) is 4.65. The molecule has 0 aliphatic rings. The van der Waals surface area contributed by atoms with Crippen LogP contribution in [0.5, 0.6) is 0 Å². The van der Waals surface area contributed by atoms with Gasteiger partial charge >= 0.3 is 5.97 Å². The van der Waals surface area contributed by atoms with Crippen molar-refractivity contribution in [3.63, 3.8) is 0 Å². The molecule has 2 rings (SSSR count). The highest BCUT2D eigenvalue weighted by Crippen LogP contribution is 2.30. The maximum absolute atomic E-state index is 12.3. The lowest BCUT2D eigenvalue weighted by molar-refractivity contribution is -0.131. The first-order valence-electron chi connectivity index (χ1n) is 7.20. The van der Waals surface area contributed by atoms with Crippen molar-refractivity contribution in [3.8, 4) is 0 Å². The van der Waals surface area contributed by atoms with E-state index >= 15 is 0 Å². The minimum Gasteiger partial charge on any atom is -0.467 e. The van der Waals surface area contributed by atoms with Gasteiger partial charge in [-0.2, -0.15) is 4.37 Å². The van der Waals surface area contributed by atoms with Crippen LogP contribution in [-0.4, -0.2) is 22.4 Å². The molecule has 1 N–H and O–H groups in total. The van der Waals surface area contributed by atoms with Crippen molar-refractivity contribution in [2.75, 3.05) is 0 Å². The highest BCUT2D eigenvalue weighted by molar-refractivity contribution is 7.11. The second-order valence-electron chi connectivity index (χ2n) is 5.44. The van der Waals surface area contributed by atoms with Crippen LogP contribution in [-0.2, 0) is 16.1 Å². The summed E-state index contributed by atoms with van der Waals surface area (Å²) in [6.45, 7) is 4.06. The number of nitrogens with one attached hydrogen (secondary N) is 1. The number of esters is 1. The number of aromatic nitrogens is 1. The number of carbonyl (C=O) groups excluding carboxylic acids is 2. The molecule has 0 saturated heterocycles. The summed E-state index contributed by atoms with van der Waals surface area (Å²) < 4.78 is 14.5. The molecule has 0 spiro atoms. The lowest BCUT2D eigenvalue weighted by Gasteiger charge is -2.18. The maximum atomic E-state index is 12.3. The molecule has 24 heavy (non-hydrogen) atoms. The van der Waals surface area contributed by atoms with Gasteiger partial charge in [0.25, 0.3) is 5.91 Å². The standard InChI is InChI=1S/C15H16Cl2N2O4S/c1-8(2)6-10(14(20)18-7-9-4-3-5-22-9)23-15(21)12-11(16)13(17)24-19-12/h3-5,8,10H,6-7H2,1-2H3,(H,18,20). The van der Waals surface area contributed by atoms with Gasteiger partial charge in [0, 0.05) is 0 Å². The van der Waals surface area contributed by atoms with Crippen molar-refractivity contribution in [1.29, 1.82) is 0 Å². The maximum Gasteiger partial charge on any atom is 0.360 e. The van der Waals surface area contributed by atoms with E-state index in [1.165, 1.54) is 6.26 Å². The number of carbonyl (C=O) groups is 2. The smallest absolute Gasteiger partial charge is 0.360 e. The number of hydrogen-bond donors (Lipinski definition) is 1. The number of halogens is 2. The minimum atomic E-state index is -0.955. The van der Waals surface area contributed by atoms with Crippen LogP contribution >= 0.6 is 34.7 Å². The Morgan fingerprint density at radius 1 is 1.42 bits per heavy atom. The van der Waals surface area contributed by atoms with Crippen LogP contribution in [0.2, 0.25) is 9.36 Å². The molecule has 0 saturated carbocycles. The van der Waals surface area contributed by atoms with Gasteiger partial charge in [-0.05, 0) is 36.0 Å². The molecule has 1 unspecified atom stereocenters. The van der Waals surface area contributed by atoms with E-state index in [-0.39, 0.29) is 27.5 Å². The molecular formula is C15H16Cl2N2O4S. The number of nitrogens with zero attached hydrogens (tertiary/aromatic N) is 1. The van der Waals surface area contributed by atoms with Gasteiger partial charge in [-0.15, -0.1) is 0 Å². The topological polar surface area (TPSA) is 81.4 Å². The first-order chi connectivity index (χ1) is 11.4. The summed E-state index contributed by atoms with van der Waals surface area (Å²) in [5, 5.41) is 2.71. The number of rotatable bonds is 7. The lowest BCUT2D eigenvalue weighted by atomic mass is 10.1. The molecule has 9 heteroatoms. The summed E-state index contributed by atoms with van der Waals surface area (Å²) in [6, 6.07) is 3.46. The highest BCUT2D eigenvalue weighted by Gasteiger charge is 2.27. The number of ether oxygens (including phenoxy) is 1. The van der Waals surface area contributed by atoms with Crippen LogP contribution in [0.25, 0.3) is 0 Å². The van der Waals surface area contributed by atoms with Gasteiger partial charge in [-0.3, -0.25) is 4.79 Å². The molecule has 2 heterocycles. The monoisotopic (exact) mass is 390 g/mol. The summed E-state index contributed by atoms with van der Waals surface area (Å²) in [6.07, 6.45) is 0.927. The van der Waals surface area contributed by atoms with Crippen molar-refractivity contribution < 1.29 is 18.7 Å². The van der Waals surface area contributed by atoms with E-state index in [4.69, 9.17) is 32.4 Å². The van der Waals surface area contributed by atoms with E-state index in [1.807, 2.05) is 13.8 Å². The molecule has 2 aromatic rings. The van der Waals surface area contributed by atoms with E-state index in [0.29, 0.717) is 12.2 Å². The van der Waals surface area contributed by atoms with Crippen LogP contribution in [0.4, 0.5) is 0 Å². The van der Waals surface area contributed by atoms with Crippen LogP contribution < -0.4 is 5.32 Å². The predicted molar refractivity (Wildman–Crippen MR) is 91.3 cm³/mol. The molecule has 0 aliphatic heterocycles. The molecule has 0 aromatic carbocycles. The molecule has 0 radical (unpaired) electrons. The number of amides is 1. The zero-order valence-electron chi connectivity index (χ0n) is 13.0. The first kappa shape index (κ1) is 18.8. The average Bonchev–Trinajstić information content (AvgIpc) is 3.15. The zero-order valence-corrected chi connectivity index (χ0v) is 15.4. The second kappa shape index (κ2) is 8.50. The molecule has 1 amide bonds. The number of furan rings is 1. The van der Waals surface area contributed by atoms with E-state index in [9.17, 15) is 9.59 Å². The van der Waals surface area contributed by atoms with Gasteiger partial charge in [0.2, 0.25) is 0 Å². The zero-order chi connectivity index (χ0) is 17.7. The Balaban J connectivity index is 2.02. The third kappa shape index (κ3) is 4.96. The molecular weight excluding hydrogens is 375 g/mol. The van der Waals surface area contributed by atoms with Crippen LogP contribution in [0.15, 0.2) is 22.8 Å². The Morgan fingerprint density at radius 3 is 2.71 bits per heavy atom. The Kier molecular flexibility index (Phi) is 6.65.